The predicted octanol–water partition coefficient (Wildman–Crippen LogP) is 5.76. The van der Waals surface area contributed by atoms with Crippen LogP contribution in [0.25, 0.3) is 0 Å². The van der Waals surface area contributed by atoms with Crippen molar-refractivity contribution in [2.24, 2.45) is 17.8 Å². The minimum atomic E-state index is -3.49. The van der Waals surface area contributed by atoms with E-state index in [1.165, 1.54) is 12.1 Å². The molecule has 3 aliphatic heterocycles. The first-order chi connectivity index (χ1) is 26.5. The topological polar surface area (TPSA) is 128 Å². The van der Waals surface area contributed by atoms with Gasteiger partial charge >= 0.3 is 6.09 Å². The SMILES string of the molecule is C=CC(=O)N1CCC(S(=O)(=O)c2ccc(N3CC(CN4CCC(C(Cn5ccnc5CC)(c5cccc(F)c5)[C@H]5CCC[C@@H]5NC(=O)O)CC4)C3)cc2)CC1. The number of halogens is 1. The van der Waals surface area contributed by atoms with E-state index >= 15 is 4.39 Å². The maximum atomic E-state index is 15.1. The summed E-state index contributed by atoms with van der Waals surface area (Å²) < 4.78 is 44.1. The van der Waals surface area contributed by atoms with Crippen molar-refractivity contribution in [1.29, 1.82) is 0 Å². The van der Waals surface area contributed by atoms with Crippen molar-refractivity contribution in [3.63, 3.8) is 0 Å². The molecule has 1 aliphatic carbocycles. The van der Waals surface area contributed by atoms with E-state index in [0.717, 1.165) is 88.3 Å². The minimum Gasteiger partial charge on any atom is -0.465 e. The summed E-state index contributed by atoms with van der Waals surface area (Å²) in [5, 5.41) is 12.2. The van der Waals surface area contributed by atoms with Crippen LogP contribution in [-0.4, -0.2) is 102 Å². The number of likely N-dealkylation sites (tertiary alicyclic amines) is 2. The molecule has 0 bridgehead atoms. The van der Waals surface area contributed by atoms with Gasteiger partial charge in [-0.2, -0.15) is 0 Å². The number of rotatable bonds is 13. The number of nitrogens with one attached hydrogen (secondary N) is 1. The summed E-state index contributed by atoms with van der Waals surface area (Å²) in [6, 6.07) is 14.1. The number of carboxylic acid groups (broad SMARTS) is 1. The molecule has 7 rings (SSSR count). The van der Waals surface area contributed by atoms with Crippen molar-refractivity contribution in [2.45, 2.75) is 86.4 Å². The van der Waals surface area contributed by atoms with Crippen molar-refractivity contribution < 1.29 is 27.5 Å². The fourth-order valence-electron chi connectivity index (χ4n) is 10.3. The monoisotopic (exact) mass is 774 g/mol. The molecule has 0 spiro atoms. The van der Waals surface area contributed by atoms with Crippen LogP contribution in [0.4, 0.5) is 14.9 Å². The van der Waals surface area contributed by atoms with Crippen LogP contribution in [0.1, 0.15) is 63.3 Å². The number of carbonyl (C=O) groups is 2. The zero-order valence-corrected chi connectivity index (χ0v) is 32.7. The van der Waals surface area contributed by atoms with E-state index in [9.17, 15) is 23.1 Å². The average Bonchev–Trinajstić information content (AvgIpc) is 3.84. The van der Waals surface area contributed by atoms with Crippen LogP contribution in [0, 0.1) is 23.6 Å². The number of anilines is 1. The average molecular weight is 775 g/mol. The second kappa shape index (κ2) is 16.5. The highest BCUT2D eigenvalue weighted by Gasteiger charge is 2.52. The van der Waals surface area contributed by atoms with Crippen LogP contribution >= 0.6 is 0 Å². The zero-order chi connectivity index (χ0) is 38.7. The molecule has 4 aliphatic rings. The number of hydrogen-bond acceptors (Lipinski definition) is 7. The van der Waals surface area contributed by atoms with Crippen LogP contribution in [0.3, 0.4) is 0 Å². The number of hydrogen-bond donors (Lipinski definition) is 2. The number of benzene rings is 2. The van der Waals surface area contributed by atoms with E-state index in [4.69, 9.17) is 0 Å². The lowest BCUT2D eigenvalue weighted by atomic mass is 9.58. The molecule has 2 N–H and O–H groups in total. The molecular weight excluding hydrogens is 720 g/mol. The highest BCUT2D eigenvalue weighted by atomic mass is 32.2. The lowest BCUT2D eigenvalue weighted by molar-refractivity contribution is -0.126. The molecule has 1 saturated carbocycles. The lowest BCUT2D eigenvalue weighted by Gasteiger charge is -2.51. The third-order valence-electron chi connectivity index (χ3n) is 13.1. The summed E-state index contributed by atoms with van der Waals surface area (Å²) >= 11 is 0. The number of imidazole rings is 1. The molecule has 296 valence electrons. The molecule has 4 heterocycles. The Morgan fingerprint density at radius 2 is 1.75 bits per heavy atom. The Hall–Kier alpha value is -4.23. The summed E-state index contributed by atoms with van der Waals surface area (Å²) in [6.45, 7) is 11.7. The summed E-state index contributed by atoms with van der Waals surface area (Å²) in [5.41, 5.74) is 1.48. The second-order valence-electron chi connectivity index (χ2n) is 16.1. The molecule has 55 heavy (non-hydrogen) atoms. The largest absolute Gasteiger partial charge is 0.465 e. The molecule has 11 nitrogen and oxygen atoms in total. The normalized spacial score (nSPS) is 22.9. The maximum Gasteiger partial charge on any atom is 0.404 e. The fourth-order valence-corrected chi connectivity index (χ4v) is 12.0. The number of carbonyl (C=O) groups excluding carboxylic acids is 1. The molecule has 4 fully saturated rings. The van der Waals surface area contributed by atoms with Gasteiger partial charge in [-0.3, -0.25) is 4.79 Å². The van der Waals surface area contributed by atoms with Gasteiger partial charge in [-0.1, -0.05) is 32.1 Å². The van der Waals surface area contributed by atoms with E-state index in [2.05, 4.69) is 44.2 Å². The minimum absolute atomic E-state index is 0.0108. The molecule has 3 atom stereocenters. The van der Waals surface area contributed by atoms with E-state index < -0.39 is 26.6 Å². The van der Waals surface area contributed by atoms with Gasteiger partial charge in [0.15, 0.2) is 9.84 Å². The summed E-state index contributed by atoms with van der Waals surface area (Å²) in [5.74, 6) is 1.27. The molecular formula is C42H55FN6O5S. The molecule has 0 radical (unpaired) electrons. The predicted molar refractivity (Wildman–Crippen MR) is 210 cm³/mol. The second-order valence-corrected chi connectivity index (χ2v) is 18.3. The number of aromatic nitrogens is 2. The molecule has 2 amide bonds. The Morgan fingerprint density at radius 3 is 2.40 bits per heavy atom. The number of aryl methyl sites for hydroxylation is 1. The number of nitrogens with zero attached hydrogens (tertiary/aromatic N) is 5. The van der Waals surface area contributed by atoms with Gasteiger partial charge in [0.1, 0.15) is 11.6 Å². The van der Waals surface area contributed by atoms with Crippen LogP contribution in [0.2, 0.25) is 0 Å². The van der Waals surface area contributed by atoms with Crippen molar-refractivity contribution in [3.8, 4) is 0 Å². The Bertz CT molecular complexity index is 1930. The molecule has 3 aromatic rings. The summed E-state index contributed by atoms with van der Waals surface area (Å²) in [7, 11) is -3.49. The fraction of sp³-hybridized carbons (Fsp3) is 0.548. The van der Waals surface area contributed by atoms with E-state index in [1.54, 1.807) is 29.2 Å². The highest BCUT2D eigenvalue weighted by Crippen LogP contribution is 2.52. The molecule has 13 heteroatoms. The Morgan fingerprint density at radius 1 is 1.02 bits per heavy atom. The Kier molecular flexibility index (Phi) is 11.7. The van der Waals surface area contributed by atoms with Gasteiger partial charge in [-0.25, -0.2) is 22.6 Å². The van der Waals surface area contributed by atoms with Crippen LogP contribution in [0.15, 0.2) is 78.5 Å². The van der Waals surface area contributed by atoms with E-state index in [0.29, 0.717) is 43.3 Å². The number of sulfone groups is 1. The quantitative estimate of drug-likeness (QED) is 0.210. The lowest BCUT2D eigenvalue weighted by Crippen LogP contribution is -2.56. The summed E-state index contributed by atoms with van der Waals surface area (Å²) in [6.07, 6.45) is 10.2. The van der Waals surface area contributed by atoms with Crippen molar-refractivity contribution in [3.05, 3.63) is 90.8 Å². The molecule has 1 aromatic heterocycles. The van der Waals surface area contributed by atoms with Crippen molar-refractivity contribution >= 4 is 27.5 Å². The van der Waals surface area contributed by atoms with Gasteiger partial charge in [-0.15, -0.1) is 0 Å². The third kappa shape index (κ3) is 8.05. The van der Waals surface area contributed by atoms with Crippen molar-refractivity contribution in [1.82, 2.24) is 24.7 Å². The van der Waals surface area contributed by atoms with Crippen molar-refractivity contribution in [2.75, 3.05) is 50.7 Å². The van der Waals surface area contributed by atoms with Crippen LogP contribution in [0.5, 0.6) is 0 Å². The van der Waals surface area contributed by atoms with Crippen LogP contribution in [-0.2, 0) is 33.0 Å². The smallest absolute Gasteiger partial charge is 0.404 e. The number of amides is 2. The van der Waals surface area contributed by atoms with Gasteiger partial charge in [0.05, 0.1) is 10.1 Å². The molecule has 2 aromatic carbocycles. The molecule has 3 saturated heterocycles. The number of piperidine rings is 2. The van der Waals surface area contributed by atoms with Gasteiger partial charge in [0, 0.05) is 81.1 Å². The highest BCUT2D eigenvalue weighted by molar-refractivity contribution is 7.92. The Labute approximate surface area is 324 Å². The first kappa shape index (κ1) is 39.0. The zero-order valence-electron chi connectivity index (χ0n) is 31.9. The maximum absolute atomic E-state index is 15.1. The van der Waals surface area contributed by atoms with Gasteiger partial charge < -0.3 is 29.7 Å². The van der Waals surface area contributed by atoms with Gasteiger partial charge in [-0.05, 0) is 111 Å². The first-order valence-electron chi connectivity index (χ1n) is 20.0. The Balaban J connectivity index is 1.00. The van der Waals surface area contributed by atoms with E-state index in [1.807, 2.05) is 24.5 Å². The van der Waals surface area contributed by atoms with Gasteiger partial charge in [0.2, 0.25) is 5.91 Å². The van der Waals surface area contributed by atoms with Crippen LogP contribution < -0.4 is 10.2 Å². The molecule has 1 unspecified atom stereocenters. The standard InChI is InChI=1S/C42H55FN6O5S/c1-3-39-44-19-24-48(39)29-42(32-7-5-8-33(43)25-32,37-9-6-10-38(37)45-41(51)52)31-15-20-46(21-16-31)26-30-27-49(28-30)34-11-13-35(14-12-34)55(53,54)36-17-22-47(23-18-36)40(50)4-2/h4-5,7-8,11-14,19,24-25,30-31,36-38,45H,2-3,6,9-10,15-18,20-23,26-29H2,1H3,(H,51,52)/t37-,38-,42?/m0/s1. The van der Waals surface area contributed by atoms with E-state index in [-0.39, 0.29) is 29.6 Å². The first-order valence-corrected chi connectivity index (χ1v) is 21.5. The third-order valence-corrected chi connectivity index (χ3v) is 15.4. The van der Waals surface area contributed by atoms with Gasteiger partial charge in [0.25, 0.3) is 0 Å². The summed E-state index contributed by atoms with van der Waals surface area (Å²) in [4.78, 5) is 35.4.